The lowest BCUT2D eigenvalue weighted by Gasteiger charge is -2.37. The van der Waals surface area contributed by atoms with Crippen LogP contribution in [0.2, 0.25) is 0 Å². The van der Waals surface area contributed by atoms with Crippen molar-refractivity contribution in [1.29, 1.82) is 0 Å². The third-order valence-electron chi connectivity index (χ3n) is 8.01. The van der Waals surface area contributed by atoms with Crippen molar-refractivity contribution >= 4 is 34.4 Å². The molecule has 0 unspecified atom stereocenters. The monoisotopic (exact) mass is 485 g/mol. The number of imide groups is 1. The molecule has 3 aliphatic heterocycles. The fourth-order valence-electron chi connectivity index (χ4n) is 5.94. The van der Waals surface area contributed by atoms with Gasteiger partial charge in [0.1, 0.15) is 5.82 Å². The summed E-state index contributed by atoms with van der Waals surface area (Å²) in [4.78, 5) is 50.0. The van der Waals surface area contributed by atoms with E-state index in [1.54, 1.807) is 6.07 Å². The van der Waals surface area contributed by atoms with Crippen LogP contribution in [-0.4, -0.2) is 63.3 Å². The summed E-state index contributed by atoms with van der Waals surface area (Å²) in [6, 6.07) is 13.3. The molecule has 8 nitrogen and oxygen atoms in total. The number of imidazole rings is 1. The first-order valence-electron chi connectivity index (χ1n) is 13.0. The Balaban J connectivity index is 1.20. The average molecular weight is 486 g/mol. The molecule has 4 heterocycles. The molecule has 0 radical (unpaired) electrons. The van der Waals surface area contributed by atoms with E-state index in [0.29, 0.717) is 30.0 Å². The number of rotatable bonds is 4. The quantitative estimate of drug-likeness (QED) is 0.528. The zero-order valence-electron chi connectivity index (χ0n) is 20.7. The number of para-hydroxylation sites is 2. The Morgan fingerprint density at radius 1 is 0.917 bits per heavy atom. The Labute approximate surface area is 210 Å². The van der Waals surface area contributed by atoms with Crippen molar-refractivity contribution in [3.63, 3.8) is 0 Å². The summed E-state index contributed by atoms with van der Waals surface area (Å²) in [6.45, 7) is 3.29. The molecule has 3 aliphatic rings. The first-order chi connectivity index (χ1) is 17.5. The van der Waals surface area contributed by atoms with Crippen LogP contribution in [-0.2, 0) is 18.4 Å². The molecule has 36 heavy (non-hydrogen) atoms. The molecule has 186 valence electrons. The van der Waals surface area contributed by atoms with Gasteiger partial charge >= 0.3 is 0 Å². The summed E-state index contributed by atoms with van der Waals surface area (Å²) in [7, 11) is 1.91. The van der Waals surface area contributed by atoms with Crippen LogP contribution in [0.15, 0.2) is 42.5 Å². The maximum absolute atomic E-state index is 13.6. The van der Waals surface area contributed by atoms with E-state index in [9.17, 15) is 14.4 Å². The molecule has 0 saturated carbocycles. The minimum atomic E-state index is -0.279. The number of nitrogens with zero attached hydrogens (tertiary/aromatic N) is 5. The van der Waals surface area contributed by atoms with Gasteiger partial charge < -0.3 is 14.4 Å². The van der Waals surface area contributed by atoms with Gasteiger partial charge in [-0.1, -0.05) is 18.2 Å². The zero-order chi connectivity index (χ0) is 24.8. The fraction of sp³-hybridized carbons (Fsp3) is 0.429. The highest BCUT2D eigenvalue weighted by Gasteiger charge is 2.40. The summed E-state index contributed by atoms with van der Waals surface area (Å²) in [6.07, 6.45) is 4.94. The van der Waals surface area contributed by atoms with E-state index >= 15 is 0 Å². The molecule has 3 aromatic rings. The van der Waals surface area contributed by atoms with Crippen LogP contribution in [0.1, 0.15) is 58.6 Å². The van der Waals surface area contributed by atoms with Gasteiger partial charge in [0.05, 0.1) is 34.4 Å². The van der Waals surface area contributed by atoms with E-state index < -0.39 is 0 Å². The summed E-state index contributed by atoms with van der Waals surface area (Å²) >= 11 is 0. The molecular formula is C28H31N5O3. The normalized spacial score (nSPS) is 18.9. The number of carbonyl (C=O) groups is 3. The topological polar surface area (TPSA) is 78.8 Å². The van der Waals surface area contributed by atoms with E-state index in [2.05, 4.69) is 9.88 Å². The largest absolute Gasteiger partial charge is 0.371 e. The molecule has 0 aliphatic carbocycles. The summed E-state index contributed by atoms with van der Waals surface area (Å²) < 4.78 is 1.93. The summed E-state index contributed by atoms with van der Waals surface area (Å²) in [5, 5.41) is 0. The molecule has 3 amide bonds. The third-order valence-corrected chi connectivity index (χ3v) is 8.01. The maximum atomic E-state index is 13.6. The van der Waals surface area contributed by atoms with Gasteiger partial charge in [0.25, 0.3) is 11.8 Å². The minimum absolute atomic E-state index is 0.0440. The van der Waals surface area contributed by atoms with Gasteiger partial charge in [0, 0.05) is 39.1 Å². The molecule has 0 N–H and O–H groups in total. The number of aryl methyl sites for hydroxylation is 1. The van der Waals surface area contributed by atoms with Crippen molar-refractivity contribution in [2.24, 2.45) is 13.0 Å². The van der Waals surface area contributed by atoms with Crippen LogP contribution in [0.4, 0.5) is 5.69 Å². The Hall–Kier alpha value is -3.68. The second-order valence-electron chi connectivity index (χ2n) is 10.1. The molecule has 6 rings (SSSR count). The van der Waals surface area contributed by atoms with E-state index in [-0.39, 0.29) is 30.2 Å². The Morgan fingerprint density at radius 3 is 2.42 bits per heavy atom. The van der Waals surface area contributed by atoms with Gasteiger partial charge in [-0.05, 0) is 56.4 Å². The highest BCUT2D eigenvalue weighted by molar-refractivity contribution is 6.23. The lowest BCUT2D eigenvalue weighted by molar-refractivity contribution is -0.137. The van der Waals surface area contributed by atoms with Gasteiger partial charge in [-0.15, -0.1) is 0 Å². The van der Waals surface area contributed by atoms with Gasteiger partial charge in [-0.25, -0.2) is 4.98 Å². The van der Waals surface area contributed by atoms with Crippen LogP contribution < -0.4 is 4.90 Å². The smallest absolute Gasteiger partial charge is 0.264 e. The minimum Gasteiger partial charge on any atom is -0.371 e. The van der Waals surface area contributed by atoms with Crippen molar-refractivity contribution in [3.05, 3.63) is 59.4 Å². The van der Waals surface area contributed by atoms with Crippen LogP contribution in [0.5, 0.6) is 0 Å². The van der Waals surface area contributed by atoms with Gasteiger partial charge in [0.15, 0.2) is 0 Å². The number of likely N-dealkylation sites (tertiary alicyclic amines) is 1. The lowest BCUT2D eigenvalue weighted by Crippen LogP contribution is -2.44. The lowest BCUT2D eigenvalue weighted by atomic mass is 9.93. The van der Waals surface area contributed by atoms with Gasteiger partial charge in [-0.2, -0.15) is 0 Å². The number of amides is 3. The van der Waals surface area contributed by atoms with Crippen LogP contribution in [0, 0.1) is 5.92 Å². The number of aromatic nitrogens is 2. The van der Waals surface area contributed by atoms with Gasteiger partial charge in [-0.3, -0.25) is 19.3 Å². The molecule has 0 spiro atoms. The summed E-state index contributed by atoms with van der Waals surface area (Å²) in [5.74, 6) is 0.447. The SMILES string of the molecule is Cn1c(CN2C(=O)c3cccc(N4CCC(C(=O)N5CCCCC5)CC4)c3C2=O)nc2ccccc21. The molecular weight excluding hydrogens is 454 g/mol. The number of carbonyl (C=O) groups excluding carboxylic acids is 3. The molecule has 2 fully saturated rings. The van der Waals surface area contributed by atoms with Crippen molar-refractivity contribution in [2.75, 3.05) is 31.1 Å². The molecule has 1 aromatic heterocycles. The molecule has 0 bridgehead atoms. The predicted octanol–water partition coefficient (Wildman–Crippen LogP) is 3.60. The first-order valence-corrected chi connectivity index (χ1v) is 13.0. The zero-order valence-corrected chi connectivity index (χ0v) is 20.7. The summed E-state index contributed by atoms with van der Waals surface area (Å²) in [5.41, 5.74) is 3.52. The molecule has 2 saturated heterocycles. The van der Waals surface area contributed by atoms with Crippen molar-refractivity contribution in [2.45, 2.75) is 38.6 Å². The molecule has 0 atom stereocenters. The number of anilines is 1. The second-order valence-corrected chi connectivity index (χ2v) is 10.1. The number of fused-ring (bicyclic) bond motifs is 2. The van der Waals surface area contributed by atoms with E-state index in [1.807, 2.05) is 52.9 Å². The first kappa shape index (κ1) is 22.8. The number of piperidine rings is 2. The molecule has 8 heteroatoms. The van der Waals surface area contributed by atoms with Crippen molar-refractivity contribution < 1.29 is 14.4 Å². The highest BCUT2D eigenvalue weighted by Crippen LogP contribution is 2.35. The van der Waals surface area contributed by atoms with Crippen molar-refractivity contribution in [3.8, 4) is 0 Å². The van der Waals surface area contributed by atoms with E-state index in [4.69, 9.17) is 0 Å². The average Bonchev–Trinajstić information content (AvgIpc) is 3.37. The highest BCUT2D eigenvalue weighted by atomic mass is 16.2. The fourth-order valence-corrected chi connectivity index (χ4v) is 5.94. The van der Waals surface area contributed by atoms with Crippen LogP contribution in [0.3, 0.4) is 0 Å². The number of hydrogen-bond donors (Lipinski definition) is 0. The Bertz CT molecular complexity index is 1350. The Kier molecular flexibility index (Phi) is 5.74. The molecule has 2 aromatic carbocycles. The Morgan fingerprint density at radius 2 is 1.67 bits per heavy atom. The standard InChI is InChI=1S/C28H31N5O3/c1-30-22-10-4-3-9-21(22)29-24(30)18-33-27(35)20-8-7-11-23(25(20)28(33)36)31-16-12-19(13-17-31)26(34)32-14-5-2-6-15-32/h3-4,7-11,19H,2,5-6,12-18H2,1H3. The number of hydrogen-bond acceptors (Lipinski definition) is 5. The number of benzene rings is 2. The maximum Gasteiger partial charge on any atom is 0.264 e. The van der Waals surface area contributed by atoms with Crippen molar-refractivity contribution in [1.82, 2.24) is 19.4 Å². The van der Waals surface area contributed by atoms with Crippen LogP contribution >= 0.6 is 0 Å². The van der Waals surface area contributed by atoms with Crippen LogP contribution in [0.25, 0.3) is 11.0 Å². The van der Waals surface area contributed by atoms with E-state index in [0.717, 1.165) is 55.5 Å². The second kappa shape index (κ2) is 9.08. The third kappa shape index (κ3) is 3.75. The predicted molar refractivity (Wildman–Crippen MR) is 137 cm³/mol. The van der Waals surface area contributed by atoms with E-state index in [1.165, 1.54) is 11.3 Å². The van der Waals surface area contributed by atoms with Gasteiger partial charge in [0.2, 0.25) is 5.91 Å².